The van der Waals surface area contributed by atoms with E-state index >= 15 is 0 Å². The van der Waals surface area contributed by atoms with Crippen LogP contribution in [0.2, 0.25) is 0 Å². The standard InChI is InChI=1S/C28H26FNOS/c29-25-17-16-23(20-13-7-14-20)19-24(25)15-8-18-30-26(21-9-3-1-4-10-21)27(32-28(30)31)22-11-5-2-6-12-22/h1-6,9-12,16-17,19-20H,7-8,13-15,18H2. The van der Waals surface area contributed by atoms with Gasteiger partial charge in [0.2, 0.25) is 0 Å². The Bertz CT molecular complexity index is 1260. The second-order valence-electron chi connectivity index (χ2n) is 8.51. The van der Waals surface area contributed by atoms with Gasteiger partial charge in [-0.15, -0.1) is 0 Å². The smallest absolute Gasteiger partial charge is 0.298 e. The SMILES string of the molecule is O=c1sc(-c2ccccc2)c(-c2ccccc2)n1CCCc1cc(C2CCC2)ccc1F. The predicted molar refractivity (Wildman–Crippen MR) is 131 cm³/mol. The monoisotopic (exact) mass is 443 g/mol. The summed E-state index contributed by atoms with van der Waals surface area (Å²) in [7, 11) is 0. The van der Waals surface area contributed by atoms with Gasteiger partial charge in [-0.05, 0) is 59.9 Å². The van der Waals surface area contributed by atoms with Crippen molar-refractivity contribution in [1.82, 2.24) is 4.57 Å². The molecule has 4 aromatic rings. The quantitative estimate of drug-likeness (QED) is 0.294. The molecule has 0 N–H and O–H groups in total. The first-order valence-corrected chi connectivity index (χ1v) is 12.1. The summed E-state index contributed by atoms with van der Waals surface area (Å²) in [6.07, 6.45) is 5.03. The normalized spacial score (nSPS) is 13.8. The zero-order valence-electron chi connectivity index (χ0n) is 18.0. The largest absolute Gasteiger partial charge is 0.308 e. The van der Waals surface area contributed by atoms with Crippen molar-refractivity contribution in [2.45, 2.75) is 44.6 Å². The van der Waals surface area contributed by atoms with Gasteiger partial charge < -0.3 is 0 Å². The van der Waals surface area contributed by atoms with Gasteiger partial charge in [-0.1, -0.05) is 90.6 Å². The van der Waals surface area contributed by atoms with Gasteiger partial charge in [-0.25, -0.2) is 4.39 Å². The van der Waals surface area contributed by atoms with E-state index in [2.05, 4.69) is 0 Å². The molecule has 1 fully saturated rings. The van der Waals surface area contributed by atoms with E-state index in [1.54, 1.807) is 6.07 Å². The van der Waals surface area contributed by atoms with Crippen LogP contribution in [0.25, 0.3) is 21.7 Å². The van der Waals surface area contributed by atoms with Crippen LogP contribution < -0.4 is 4.87 Å². The van der Waals surface area contributed by atoms with Crippen LogP contribution in [0.3, 0.4) is 0 Å². The lowest BCUT2D eigenvalue weighted by atomic mass is 9.79. The highest BCUT2D eigenvalue weighted by Gasteiger charge is 2.21. The molecule has 0 bridgehead atoms. The van der Waals surface area contributed by atoms with E-state index in [4.69, 9.17) is 0 Å². The van der Waals surface area contributed by atoms with Crippen LogP contribution in [-0.4, -0.2) is 4.57 Å². The predicted octanol–water partition coefficient (Wildman–Crippen LogP) is 7.28. The molecule has 0 amide bonds. The summed E-state index contributed by atoms with van der Waals surface area (Å²) in [6.45, 7) is 0.569. The summed E-state index contributed by atoms with van der Waals surface area (Å²) in [5, 5.41) is 0. The van der Waals surface area contributed by atoms with Crippen LogP contribution in [-0.2, 0) is 13.0 Å². The molecule has 5 rings (SSSR count). The zero-order chi connectivity index (χ0) is 21.9. The highest BCUT2D eigenvalue weighted by Crippen LogP contribution is 2.37. The molecule has 32 heavy (non-hydrogen) atoms. The molecule has 1 saturated carbocycles. The second kappa shape index (κ2) is 9.25. The first-order chi connectivity index (χ1) is 15.7. The van der Waals surface area contributed by atoms with Gasteiger partial charge in [0, 0.05) is 6.54 Å². The fraction of sp³-hybridized carbons (Fsp3) is 0.250. The molecule has 1 heterocycles. The van der Waals surface area contributed by atoms with Crippen molar-refractivity contribution in [3.05, 3.63) is 105 Å². The lowest BCUT2D eigenvalue weighted by Crippen LogP contribution is -2.15. The molecule has 2 nitrogen and oxygen atoms in total. The molecular formula is C28H26FNOS. The summed E-state index contributed by atoms with van der Waals surface area (Å²) >= 11 is 1.29. The number of aryl methyl sites for hydroxylation is 1. The van der Waals surface area contributed by atoms with E-state index in [1.165, 1.54) is 36.2 Å². The fourth-order valence-electron chi connectivity index (χ4n) is 4.49. The van der Waals surface area contributed by atoms with Crippen molar-refractivity contribution in [2.24, 2.45) is 0 Å². The summed E-state index contributed by atoms with van der Waals surface area (Å²) in [5.41, 5.74) is 5.06. The van der Waals surface area contributed by atoms with E-state index in [9.17, 15) is 9.18 Å². The third kappa shape index (κ3) is 4.20. The minimum atomic E-state index is -0.140. The number of nitrogens with zero attached hydrogens (tertiary/aromatic N) is 1. The zero-order valence-corrected chi connectivity index (χ0v) is 18.8. The average molecular weight is 444 g/mol. The summed E-state index contributed by atoms with van der Waals surface area (Å²) in [4.78, 5) is 14.0. The molecule has 0 saturated heterocycles. The Morgan fingerprint density at radius 3 is 2.25 bits per heavy atom. The summed E-state index contributed by atoms with van der Waals surface area (Å²) < 4.78 is 16.3. The van der Waals surface area contributed by atoms with E-state index in [1.807, 2.05) is 77.4 Å². The van der Waals surface area contributed by atoms with Gasteiger partial charge in [0.1, 0.15) is 5.82 Å². The molecule has 4 heteroatoms. The number of hydrogen-bond donors (Lipinski definition) is 0. The number of halogens is 1. The number of hydrogen-bond acceptors (Lipinski definition) is 2. The van der Waals surface area contributed by atoms with Crippen LogP contribution >= 0.6 is 11.3 Å². The minimum Gasteiger partial charge on any atom is -0.298 e. The molecule has 0 aliphatic heterocycles. The van der Waals surface area contributed by atoms with Crippen LogP contribution in [0.4, 0.5) is 4.39 Å². The number of rotatable bonds is 7. The van der Waals surface area contributed by atoms with Gasteiger partial charge in [0.05, 0.1) is 10.6 Å². The number of thiazole rings is 1. The minimum absolute atomic E-state index is 0.0337. The Hall–Kier alpha value is -2.98. The molecule has 0 atom stereocenters. The topological polar surface area (TPSA) is 22.0 Å². The Morgan fingerprint density at radius 2 is 1.59 bits per heavy atom. The molecule has 0 radical (unpaired) electrons. The molecule has 162 valence electrons. The van der Waals surface area contributed by atoms with Crippen molar-refractivity contribution in [1.29, 1.82) is 0 Å². The first kappa shape index (κ1) is 20.9. The molecule has 3 aromatic carbocycles. The van der Waals surface area contributed by atoms with Crippen molar-refractivity contribution >= 4 is 11.3 Å². The maximum absolute atomic E-state index is 14.5. The van der Waals surface area contributed by atoms with Crippen LogP contribution in [0.5, 0.6) is 0 Å². The van der Waals surface area contributed by atoms with Crippen LogP contribution in [0, 0.1) is 5.82 Å². The van der Waals surface area contributed by atoms with Gasteiger partial charge in [-0.2, -0.15) is 0 Å². The molecule has 0 spiro atoms. The second-order valence-corrected chi connectivity index (χ2v) is 9.47. The van der Waals surface area contributed by atoms with Crippen LogP contribution in [0.1, 0.15) is 42.7 Å². The lowest BCUT2D eigenvalue weighted by molar-refractivity contribution is 0.418. The Morgan fingerprint density at radius 1 is 0.906 bits per heavy atom. The molecule has 1 aliphatic rings. The maximum Gasteiger partial charge on any atom is 0.308 e. The average Bonchev–Trinajstić information content (AvgIpc) is 3.12. The van der Waals surface area contributed by atoms with Crippen molar-refractivity contribution in [3.63, 3.8) is 0 Å². The first-order valence-electron chi connectivity index (χ1n) is 11.3. The maximum atomic E-state index is 14.5. The van der Waals surface area contributed by atoms with E-state index in [0.29, 0.717) is 18.9 Å². The molecule has 1 aromatic heterocycles. The van der Waals surface area contributed by atoms with Gasteiger partial charge in [-0.3, -0.25) is 9.36 Å². The Balaban J connectivity index is 1.43. The lowest BCUT2D eigenvalue weighted by Gasteiger charge is -2.26. The Labute approximate surface area is 192 Å². The van der Waals surface area contributed by atoms with E-state index in [-0.39, 0.29) is 10.7 Å². The number of benzene rings is 3. The van der Waals surface area contributed by atoms with E-state index in [0.717, 1.165) is 33.7 Å². The van der Waals surface area contributed by atoms with Crippen LogP contribution in [0.15, 0.2) is 83.7 Å². The highest BCUT2D eigenvalue weighted by atomic mass is 32.1. The molecule has 0 unspecified atom stereocenters. The fourth-order valence-corrected chi connectivity index (χ4v) is 5.53. The summed E-state index contributed by atoms with van der Waals surface area (Å²) in [6, 6.07) is 25.7. The Kier molecular flexibility index (Phi) is 6.04. The molecular weight excluding hydrogens is 417 g/mol. The third-order valence-corrected chi connectivity index (χ3v) is 7.48. The van der Waals surface area contributed by atoms with Crippen molar-refractivity contribution in [3.8, 4) is 21.7 Å². The van der Waals surface area contributed by atoms with Gasteiger partial charge >= 0.3 is 4.87 Å². The van der Waals surface area contributed by atoms with E-state index < -0.39 is 0 Å². The summed E-state index contributed by atoms with van der Waals surface area (Å²) in [5.74, 6) is 0.450. The number of aromatic nitrogens is 1. The van der Waals surface area contributed by atoms with Crippen molar-refractivity contribution < 1.29 is 4.39 Å². The highest BCUT2D eigenvalue weighted by molar-refractivity contribution is 7.13. The van der Waals surface area contributed by atoms with Gasteiger partial charge in [0.25, 0.3) is 0 Å². The molecule has 1 aliphatic carbocycles. The van der Waals surface area contributed by atoms with Crippen molar-refractivity contribution in [2.75, 3.05) is 0 Å². The third-order valence-electron chi connectivity index (χ3n) is 6.45. The van der Waals surface area contributed by atoms with Gasteiger partial charge in [0.15, 0.2) is 0 Å².